The van der Waals surface area contributed by atoms with Crippen LogP contribution in [0.25, 0.3) is 10.9 Å². The van der Waals surface area contributed by atoms with E-state index in [2.05, 4.69) is 21.6 Å². The number of hydrogen-bond acceptors (Lipinski definition) is 5. The Hall–Kier alpha value is -4.06. The molecule has 0 saturated carbocycles. The summed E-state index contributed by atoms with van der Waals surface area (Å²) in [6, 6.07) is 14.5. The van der Waals surface area contributed by atoms with Crippen LogP contribution in [0, 0.1) is 17.1 Å². The molecule has 152 valence electrons. The molecule has 2 N–H and O–H groups in total. The number of hydrogen-bond donors (Lipinski definition) is 2. The molecule has 2 aromatic carbocycles. The van der Waals surface area contributed by atoms with Crippen molar-refractivity contribution < 1.29 is 19.1 Å². The van der Waals surface area contributed by atoms with Gasteiger partial charge in [-0.1, -0.05) is 30.3 Å². The molecule has 0 bridgehead atoms. The van der Waals surface area contributed by atoms with Gasteiger partial charge in [-0.15, -0.1) is 10.2 Å². The molecule has 9 heteroatoms. The third kappa shape index (κ3) is 4.50. The number of para-hydroxylation sites is 1. The van der Waals surface area contributed by atoms with Crippen molar-refractivity contribution in [2.45, 2.75) is 19.4 Å². The maximum absolute atomic E-state index is 13.6. The number of benzene rings is 2. The van der Waals surface area contributed by atoms with Gasteiger partial charge in [-0.05, 0) is 24.6 Å². The zero-order chi connectivity index (χ0) is 21.5. The van der Waals surface area contributed by atoms with Crippen molar-refractivity contribution in [3.8, 4) is 11.9 Å². The van der Waals surface area contributed by atoms with Crippen molar-refractivity contribution in [1.82, 2.24) is 9.88 Å². The highest BCUT2D eigenvalue weighted by Gasteiger charge is 2.17. The van der Waals surface area contributed by atoms with Gasteiger partial charge in [-0.2, -0.15) is 5.26 Å². The number of aryl methyl sites for hydroxylation is 1. The second kappa shape index (κ2) is 9.43. The van der Waals surface area contributed by atoms with Gasteiger partial charge >= 0.3 is 0 Å². The summed E-state index contributed by atoms with van der Waals surface area (Å²) < 4.78 is 15.2. The van der Waals surface area contributed by atoms with Crippen LogP contribution >= 0.6 is 0 Å². The summed E-state index contributed by atoms with van der Waals surface area (Å²) in [5.74, 6) is -2.37. The lowest BCUT2D eigenvalue weighted by atomic mass is 10.2. The van der Waals surface area contributed by atoms with Crippen molar-refractivity contribution in [1.29, 1.82) is 5.26 Å². The number of nitrogens with one attached hydrogen (secondary N) is 1. The first-order valence-electron chi connectivity index (χ1n) is 9.17. The van der Waals surface area contributed by atoms with E-state index in [-0.39, 0.29) is 17.1 Å². The highest BCUT2D eigenvalue weighted by molar-refractivity contribution is 5.97. The van der Waals surface area contributed by atoms with Crippen molar-refractivity contribution in [3.63, 3.8) is 0 Å². The standard InChI is InChI=1S/C21H18FN5O3/c22-16-9-3-1-7-14(16)20(29)24-13-18(28)25-26-19-15-8-2-4-10-17(15)27(21(19)30)12-6-5-11-23/h1-4,7-10,30H,5-6,12-13H2,(H,24,29). The minimum atomic E-state index is -0.764. The van der Waals surface area contributed by atoms with Gasteiger partial charge in [0.05, 0.1) is 17.1 Å². The quantitative estimate of drug-likeness (QED) is 0.457. The number of amides is 2. The Kier molecular flexibility index (Phi) is 6.49. The zero-order valence-corrected chi connectivity index (χ0v) is 15.9. The van der Waals surface area contributed by atoms with Gasteiger partial charge in [-0.25, -0.2) is 4.39 Å². The number of nitriles is 1. The van der Waals surface area contributed by atoms with E-state index >= 15 is 0 Å². The molecule has 1 aromatic heterocycles. The molecule has 0 fully saturated rings. The van der Waals surface area contributed by atoms with Gasteiger partial charge in [-0.3, -0.25) is 9.59 Å². The van der Waals surface area contributed by atoms with E-state index in [4.69, 9.17) is 5.26 Å². The third-order valence-corrected chi connectivity index (χ3v) is 4.37. The van der Waals surface area contributed by atoms with Crippen LogP contribution in [0.3, 0.4) is 0 Å². The molecule has 0 saturated heterocycles. The van der Waals surface area contributed by atoms with Crippen LogP contribution in [0.5, 0.6) is 5.88 Å². The van der Waals surface area contributed by atoms with Crippen LogP contribution in [0.1, 0.15) is 23.2 Å². The first-order valence-corrected chi connectivity index (χ1v) is 9.17. The van der Waals surface area contributed by atoms with Crippen LogP contribution in [-0.2, 0) is 11.3 Å². The Bertz CT molecular complexity index is 1160. The number of halogens is 1. The summed E-state index contributed by atoms with van der Waals surface area (Å²) in [5, 5.41) is 29.5. The summed E-state index contributed by atoms with van der Waals surface area (Å²) in [4.78, 5) is 24.0. The van der Waals surface area contributed by atoms with Crippen molar-refractivity contribution in [2.75, 3.05) is 6.54 Å². The number of unbranched alkanes of at least 4 members (excludes halogenated alkanes) is 1. The molecule has 0 aliphatic rings. The average Bonchev–Trinajstić information content (AvgIpc) is 3.02. The SMILES string of the molecule is N#CCCCn1c(O)c(N=NC(=O)CNC(=O)c2ccccc2F)c2ccccc21. The van der Waals surface area contributed by atoms with Gasteiger partial charge in [0.25, 0.3) is 11.8 Å². The summed E-state index contributed by atoms with van der Waals surface area (Å²) in [5.41, 5.74) is 0.638. The van der Waals surface area contributed by atoms with E-state index < -0.39 is 24.2 Å². The minimum absolute atomic E-state index is 0.122. The molecule has 0 atom stereocenters. The van der Waals surface area contributed by atoms with Gasteiger partial charge < -0.3 is 15.0 Å². The van der Waals surface area contributed by atoms with Gasteiger partial charge in [0.1, 0.15) is 12.4 Å². The minimum Gasteiger partial charge on any atom is -0.493 e. The second-order valence-electron chi connectivity index (χ2n) is 6.36. The second-order valence-corrected chi connectivity index (χ2v) is 6.36. The van der Waals surface area contributed by atoms with Crippen LogP contribution in [0.15, 0.2) is 58.8 Å². The number of azo groups is 1. The number of fused-ring (bicyclic) bond motifs is 1. The Morgan fingerprint density at radius 3 is 2.67 bits per heavy atom. The number of carbonyl (C=O) groups is 2. The smallest absolute Gasteiger partial charge is 0.283 e. The molecule has 0 radical (unpaired) electrons. The van der Waals surface area contributed by atoms with Crippen LogP contribution in [-0.4, -0.2) is 28.0 Å². The number of nitrogens with zero attached hydrogens (tertiary/aromatic N) is 4. The van der Waals surface area contributed by atoms with Crippen molar-refractivity contribution in [2.24, 2.45) is 10.2 Å². The topological polar surface area (TPSA) is 120 Å². The molecule has 0 aliphatic heterocycles. The Balaban J connectivity index is 1.73. The van der Waals surface area contributed by atoms with E-state index in [1.54, 1.807) is 28.8 Å². The van der Waals surface area contributed by atoms with Gasteiger partial charge in [0.15, 0.2) is 5.69 Å². The number of carbonyl (C=O) groups excluding carboxylic acids is 2. The molecule has 0 aliphatic carbocycles. The highest BCUT2D eigenvalue weighted by atomic mass is 19.1. The molecule has 0 unspecified atom stereocenters. The molecule has 2 amide bonds. The number of aromatic nitrogens is 1. The summed E-state index contributed by atoms with van der Waals surface area (Å²) >= 11 is 0. The maximum Gasteiger partial charge on any atom is 0.283 e. The van der Waals surface area contributed by atoms with Crippen molar-refractivity contribution >= 4 is 28.4 Å². The number of rotatable bonds is 7. The fraction of sp³-hybridized carbons (Fsp3) is 0.190. The average molecular weight is 407 g/mol. The normalized spacial score (nSPS) is 10.9. The predicted octanol–water partition coefficient (Wildman–Crippen LogP) is 3.83. The van der Waals surface area contributed by atoms with Crippen LogP contribution < -0.4 is 5.32 Å². The molecule has 3 aromatic rings. The Labute approximate surface area is 171 Å². The lowest BCUT2D eigenvalue weighted by Crippen LogP contribution is -2.29. The molecule has 1 heterocycles. The lowest BCUT2D eigenvalue weighted by molar-refractivity contribution is -0.117. The fourth-order valence-electron chi connectivity index (χ4n) is 2.95. The maximum atomic E-state index is 13.6. The molecular formula is C21H18FN5O3. The fourth-order valence-corrected chi connectivity index (χ4v) is 2.95. The van der Waals surface area contributed by atoms with E-state index in [0.29, 0.717) is 30.3 Å². The summed E-state index contributed by atoms with van der Waals surface area (Å²) in [6.45, 7) is -0.0691. The van der Waals surface area contributed by atoms with Crippen LogP contribution in [0.4, 0.5) is 10.1 Å². The highest BCUT2D eigenvalue weighted by Crippen LogP contribution is 2.38. The third-order valence-electron chi connectivity index (χ3n) is 4.37. The van der Waals surface area contributed by atoms with Gasteiger partial charge in [0.2, 0.25) is 5.88 Å². The molecule has 3 rings (SSSR count). The van der Waals surface area contributed by atoms with E-state index in [0.717, 1.165) is 6.07 Å². The largest absolute Gasteiger partial charge is 0.493 e. The molecule has 8 nitrogen and oxygen atoms in total. The van der Waals surface area contributed by atoms with E-state index in [9.17, 15) is 19.1 Å². The Morgan fingerprint density at radius 2 is 1.90 bits per heavy atom. The predicted molar refractivity (Wildman–Crippen MR) is 107 cm³/mol. The van der Waals surface area contributed by atoms with Crippen LogP contribution in [0.2, 0.25) is 0 Å². The first-order chi connectivity index (χ1) is 14.5. The molecule has 30 heavy (non-hydrogen) atoms. The summed E-state index contributed by atoms with van der Waals surface area (Å²) in [6.07, 6.45) is 0.878. The van der Waals surface area contributed by atoms with E-state index in [1.165, 1.54) is 18.2 Å². The molecule has 0 spiro atoms. The van der Waals surface area contributed by atoms with E-state index in [1.807, 2.05) is 0 Å². The first kappa shape index (κ1) is 20.7. The zero-order valence-electron chi connectivity index (χ0n) is 15.9. The number of aromatic hydroxyl groups is 1. The molecular weight excluding hydrogens is 389 g/mol. The monoisotopic (exact) mass is 407 g/mol. The van der Waals surface area contributed by atoms with Gasteiger partial charge in [0, 0.05) is 18.4 Å². The van der Waals surface area contributed by atoms with Crippen molar-refractivity contribution in [3.05, 3.63) is 59.9 Å². The Morgan fingerprint density at radius 1 is 1.17 bits per heavy atom. The lowest BCUT2D eigenvalue weighted by Gasteiger charge is -2.04. The summed E-state index contributed by atoms with van der Waals surface area (Å²) in [7, 11) is 0.